The first-order valence-corrected chi connectivity index (χ1v) is 6.03. The highest BCUT2D eigenvalue weighted by atomic mass is 19.1. The maximum absolute atomic E-state index is 13.6. The number of benzene rings is 1. The predicted octanol–water partition coefficient (Wildman–Crippen LogP) is 1.63. The Labute approximate surface area is 102 Å². The lowest BCUT2D eigenvalue weighted by Crippen LogP contribution is -2.55. The van der Waals surface area contributed by atoms with Gasteiger partial charge in [-0.05, 0) is 31.7 Å². The number of halogens is 1. The quantitative estimate of drug-likeness (QED) is 0.843. The monoisotopic (exact) mass is 238 g/mol. The zero-order valence-corrected chi connectivity index (χ0v) is 10.4. The molecule has 2 rings (SSSR count). The molecule has 1 heterocycles. The van der Waals surface area contributed by atoms with Crippen LogP contribution in [-0.2, 0) is 6.54 Å². The van der Waals surface area contributed by atoms with Crippen LogP contribution in [0, 0.1) is 5.82 Å². The highest BCUT2D eigenvalue weighted by Gasteiger charge is 2.21. The van der Waals surface area contributed by atoms with Crippen molar-refractivity contribution in [3.63, 3.8) is 0 Å². The number of nitrogens with zero attached hydrogens (tertiary/aromatic N) is 1. The van der Waals surface area contributed by atoms with Crippen molar-refractivity contribution in [3.8, 4) is 5.75 Å². The Hall–Kier alpha value is -1.13. The van der Waals surface area contributed by atoms with Crippen LogP contribution in [0.4, 0.5) is 4.39 Å². The van der Waals surface area contributed by atoms with Crippen molar-refractivity contribution in [1.82, 2.24) is 10.2 Å². The van der Waals surface area contributed by atoms with Crippen molar-refractivity contribution >= 4 is 0 Å². The summed E-state index contributed by atoms with van der Waals surface area (Å²) < 4.78 is 18.8. The van der Waals surface area contributed by atoms with Gasteiger partial charge in [-0.15, -0.1) is 0 Å². The van der Waals surface area contributed by atoms with Crippen molar-refractivity contribution in [1.29, 1.82) is 0 Å². The number of hydrogen-bond donors (Lipinski definition) is 1. The molecular formula is C13H19FN2O. The predicted molar refractivity (Wildman–Crippen MR) is 65.7 cm³/mol. The number of nitrogens with one attached hydrogen (secondary N) is 1. The van der Waals surface area contributed by atoms with Crippen molar-refractivity contribution in [2.24, 2.45) is 0 Å². The third-order valence-electron chi connectivity index (χ3n) is 3.11. The van der Waals surface area contributed by atoms with E-state index in [0.717, 1.165) is 25.2 Å². The van der Waals surface area contributed by atoms with Gasteiger partial charge in [0.25, 0.3) is 0 Å². The van der Waals surface area contributed by atoms with Crippen molar-refractivity contribution in [2.75, 3.05) is 26.7 Å². The number of likely N-dealkylation sites (N-methyl/N-ethyl adjacent to an activating group) is 1. The first-order valence-electron chi connectivity index (χ1n) is 6.03. The Kier molecular flexibility index (Phi) is 3.97. The normalized spacial score (nSPS) is 16.0. The van der Waals surface area contributed by atoms with Crippen LogP contribution in [0.3, 0.4) is 0 Å². The average molecular weight is 238 g/mol. The fourth-order valence-electron chi connectivity index (χ4n) is 1.92. The van der Waals surface area contributed by atoms with Crippen LogP contribution >= 0.6 is 0 Å². The Morgan fingerprint density at radius 2 is 2.24 bits per heavy atom. The van der Waals surface area contributed by atoms with Crippen LogP contribution in [0.2, 0.25) is 0 Å². The van der Waals surface area contributed by atoms with Gasteiger partial charge in [0, 0.05) is 25.7 Å². The standard InChI is InChI=1S/C13H19FN2O/c1-3-17-13-5-4-10(6-12(13)14)9-16(2)11-7-15-8-11/h4-6,11,15H,3,7-9H2,1-2H3. The van der Waals surface area contributed by atoms with E-state index in [1.165, 1.54) is 0 Å². The van der Waals surface area contributed by atoms with E-state index in [9.17, 15) is 4.39 Å². The SMILES string of the molecule is CCOc1ccc(CN(C)C2CNC2)cc1F. The minimum Gasteiger partial charge on any atom is -0.491 e. The molecule has 1 aliphatic rings. The van der Waals surface area contributed by atoms with Crippen LogP contribution in [0.25, 0.3) is 0 Å². The number of hydrogen-bond acceptors (Lipinski definition) is 3. The van der Waals surface area contributed by atoms with Gasteiger partial charge in [0.15, 0.2) is 11.6 Å². The molecule has 0 aliphatic carbocycles. The Morgan fingerprint density at radius 1 is 1.47 bits per heavy atom. The zero-order chi connectivity index (χ0) is 12.3. The molecule has 0 atom stereocenters. The van der Waals surface area contributed by atoms with Gasteiger partial charge in [0.1, 0.15) is 0 Å². The highest BCUT2D eigenvalue weighted by Crippen LogP contribution is 2.19. The van der Waals surface area contributed by atoms with E-state index < -0.39 is 0 Å². The molecule has 0 saturated carbocycles. The van der Waals surface area contributed by atoms with Gasteiger partial charge < -0.3 is 10.1 Å². The maximum Gasteiger partial charge on any atom is 0.165 e. The van der Waals surface area contributed by atoms with Gasteiger partial charge in [0.05, 0.1) is 6.61 Å². The van der Waals surface area contributed by atoms with Crippen molar-refractivity contribution < 1.29 is 9.13 Å². The number of ether oxygens (including phenoxy) is 1. The summed E-state index contributed by atoms with van der Waals surface area (Å²) in [5.74, 6) is 0.0636. The lowest BCUT2D eigenvalue weighted by atomic mass is 10.1. The van der Waals surface area contributed by atoms with Crippen LogP contribution in [0.1, 0.15) is 12.5 Å². The molecule has 1 fully saturated rings. The molecule has 3 nitrogen and oxygen atoms in total. The molecule has 1 N–H and O–H groups in total. The molecule has 1 aliphatic heterocycles. The van der Waals surface area contributed by atoms with Crippen LogP contribution in [0.15, 0.2) is 18.2 Å². The summed E-state index contributed by atoms with van der Waals surface area (Å²) in [4.78, 5) is 2.24. The van der Waals surface area contributed by atoms with Gasteiger partial charge in [-0.2, -0.15) is 0 Å². The summed E-state index contributed by atoms with van der Waals surface area (Å²) in [7, 11) is 2.07. The number of rotatable bonds is 5. The van der Waals surface area contributed by atoms with E-state index in [2.05, 4.69) is 17.3 Å². The highest BCUT2D eigenvalue weighted by molar-refractivity contribution is 5.29. The lowest BCUT2D eigenvalue weighted by Gasteiger charge is -2.35. The maximum atomic E-state index is 13.6. The van der Waals surface area contributed by atoms with Gasteiger partial charge in [-0.25, -0.2) is 4.39 Å². The smallest absolute Gasteiger partial charge is 0.165 e. The second kappa shape index (κ2) is 5.47. The molecule has 1 aromatic rings. The third-order valence-corrected chi connectivity index (χ3v) is 3.11. The van der Waals surface area contributed by atoms with E-state index in [1.54, 1.807) is 12.1 Å². The summed E-state index contributed by atoms with van der Waals surface area (Å²) in [5, 5.41) is 3.23. The fraction of sp³-hybridized carbons (Fsp3) is 0.538. The summed E-state index contributed by atoms with van der Waals surface area (Å²) >= 11 is 0. The molecular weight excluding hydrogens is 219 g/mol. The summed E-state index contributed by atoms with van der Waals surface area (Å²) in [6.07, 6.45) is 0. The minimum atomic E-state index is -0.274. The van der Waals surface area contributed by atoms with E-state index in [1.807, 2.05) is 13.0 Å². The Bertz CT molecular complexity index is 380. The van der Waals surface area contributed by atoms with E-state index >= 15 is 0 Å². The molecule has 4 heteroatoms. The second-order valence-corrected chi connectivity index (χ2v) is 4.42. The molecule has 17 heavy (non-hydrogen) atoms. The largest absolute Gasteiger partial charge is 0.491 e. The zero-order valence-electron chi connectivity index (χ0n) is 10.4. The summed E-state index contributed by atoms with van der Waals surface area (Å²) in [5.41, 5.74) is 0.986. The molecule has 0 aromatic heterocycles. The van der Waals surface area contributed by atoms with Crippen LogP contribution in [-0.4, -0.2) is 37.7 Å². The van der Waals surface area contributed by atoms with E-state index in [0.29, 0.717) is 18.4 Å². The van der Waals surface area contributed by atoms with Crippen molar-refractivity contribution in [2.45, 2.75) is 19.5 Å². The Morgan fingerprint density at radius 3 is 2.76 bits per heavy atom. The lowest BCUT2D eigenvalue weighted by molar-refractivity contribution is 0.173. The second-order valence-electron chi connectivity index (χ2n) is 4.42. The van der Waals surface area contributed by atoms with Crippen LogP contribution < -0.4 is 10.1 Å². The molecule has 94 valence electrons. The third kappa shape index (κ3) is 2.96. The molecule has 1 saturated heterocycles. The topological polar surface area (TPSA) is 24.5 Å². The molecule has 0 amide bonds. The average Bonchev–Trinajstić information content (AvgIpc) is 2.19. The minimum absolute atomic E-state index is 0.274. The van der Waals surface area contributed by atoms with Crippen LogP contribution in [0.5, 0.6) is 5.75 Å². The van der Waals surface area contributed by atoms with Gasteiger partial charge in [-0.1, -0.05) is 6.07 Å². The fourth-order valence-corrected chi connectivity index (χ4v) is 1.92. The Balaban J connectivity index is 1.98. The van der Waals surface area contributed by atoms with Gasteiger partial charge in [-0.3, -0.25) is 4.90 Å². The van der Waals surface area contributed by atoms with Gasteiger partial charge in [0.2, 0.25) is 0 Å². The van der Waals surface area contributed by atoms with E-state index in [4.69, 9.17) is 4.74 Å². The molecule has 0 spiro atoms. The van der Waals surface area contributed by atoms with Crippen molar-refractivity contribution in [3.05, 3.63) is 29.6 Å². The van der Waals surface area contributed by atoms with E-state index in [-0.39, 0.29) is 5.82 Å². The summed E-state index contributed by atoms with van der Waals surface area (Å²) in [6.45, 7) is 5.16. The first-order chi connectivity index (χ1) is 8.20. The molecule has 0 unspecified atom stereocenters. The molecule has 1 aromatic carbocycles. The molecule has 0 bridgehead atoms. The first kappa shape index (κ1) is 12.3. The molecule has 0 radical (unpaired) electrons. The summed E-state index contributed by atoms with van der Waals surface area (Å²) in [6, 6.07) is 5.77. The van der Waals surface area contributed by atoms with Gasteiger partial charge >= 0.3 is 0 Å².